The number of aryl methyl sites for hydroxylation is 2. The third kappa shape index (κ3) is 3.96. The molecule has 1 aromatic heterocycles. The second-order valence-electron chi connectivity index (χ2n) is 7.59. The number of imidazole rings is 1. The number of nitrogens with one attached hydrogen (secondary N) is 2. The van der Waals surface area contributed by atoms with Crippen LogP contribution in [0.25, 0.3) is 11.0 Å². The number of benzene rings is 3. The van der Waals surface area contributed by atoms with Crippen molar-refractivity contribution in [3.8, 4) is 23.0 Å². The molecule has 3 aromatic carbocycles. The van der Waals surface area contributed by atoms with Crippen molar-refractivity contribution in [1.82, 2.24) is 9.13 Å². The molecule has 2 heterocycles. The molecule has 1 aliphatic rings. The molecule has 9 heteroatoms. The minimum Gasteiger partial charge on any atom is -0.486 e. The summed E-state index contributed by atoms with van der Waals surface area (Å²) in [5, 5.41) is 5.63. The zero-order valence-electron chi connectivity index (χ0n) is 18.1. The predicted octanol–water partition coefficient (Wildman–Crippen LogP) is 4.08. The molecule has 0 saturated carbocycles. The van der Waals surface area contributed by atoms with Gasteiger partial charge >= 0.3 is 11.7 Å². The summed E-state index contributed by atoms with van der Waals surface area (Å²) in [6.45, 7) is 0.952. The van der Waals surface area contributed by atoms with E-state index < -0.39 is 6.03 Å². The largest absolute Gasteiger partial charge is 0.486 e. The predicted molar refractivity (Wildman–Crippen MR) is 125 cm³/mol. The molecule has 0 atom stereocenters. The first kappa shape index (κ1) is 20.5. The molecule has 9 nitrogen and oxygen atoms in total. The summed E-state index contributed by atoms with van der Waals surface area (Å²) < 4.78 is 20.2. The molecule has 4 aromatic rings. The van der Waals surface area contributed by atoms with Gasteiger partial charge < -0.3 is 24.8 Å². The van der Waals surface area contributed by atoms with Gasteiger partial charge in [-0.05, 0) is 30.3 Å². The van der Waals surface area contributed by atoms with E-state index in [2.05, 4.69) is 10.6 Å². The van der Waals surface area contributed by atoms with Crippen LogP contribution in [-0.4, -0.2) is 28.4 Å². The number of hydrogen-bond donors (Lipinski definition) is 2. The molecule has 0 bridgehead atoms. The lowest BCUT2D eigenvalue weighted by atomic mass is 10.2. The molecule has 0 spiro atoms. The number of amides is 2. The minimum atomic E-state index is -0.468. The maximum Gasteiger partial charge on any atom is 0.328 e. The van der Waals surface area contributed by atoms with Crippen LogP contribution in [0, 0.1) is 0 Å². The van der Waals surface area contributed by atoms with Crippen LogP contribution in [-0.2, 0) is 14.1 Å². The number of para-hydroxylation sites is 1. The van der Waals surface area contributed by atoms with Gasteiger partial charge in [0, 0.05) is 31.9 Å². The molecule has 168 valence electrons. The number of fused-ring (bicyclic) bond motifs is 2. The number of aromatic nitrogens is 2. The Morgan fingerprint density at radius 1 is 0.879 bits per heavy atom. The van der Waals surface area contributed by atoms with Gasteiger partial charge in [0.05, 0.1) is 16.7 Å². The van der Waals surface area contributed by atoms with Crippen molar-refractivity contribution in [1.29, 1.82) is 0 Å². The number of hydrogen-bond acceptors (Lipinski definition) is 5. The fraction of sp³-hybridized carbons (Fsp3) is 0.167. The van der Waals surface area contributed by atoms with Crippen molar-refractivity contribution in [2.45, 2.75) is 0 Å². The van der Waals surface area contributed by atoms with E-state index in [1.807, 2.05) is 30.3 Å². The van der Waals surface area contributed by atoms with E-state index in [4.69, 9.17) is 14.2 Å². The van der Waals surface area contributed by atoms with Gasteiger partial charge in [-0.1, -0.05) is 18.2 Å². The Kier molecular flexibility index (Phi) is 5.14. The average Bonchev–Trinajstić information content (AvgIpc) is 3.03. The first-order chi connectivity index (χ1) is 16.0. The number of carbonyl (C=O) groups excluding carboxylic acids is 1. The van der Waals surface area contributed by atoms with Gasteiger partial charge in [0.2, 0.25) is 0 Å². The quantitative estimate of drug-likeness (QED) is 0.492. The van der Waals surface area contributed by atoms with Crippen LogP contribution in [0.15, 0.2) is 65.5 Å². The summed E-state index contributed by atoms with van der Waals surface area (Å²) >= 11 is 0. The number of carbonyl (C=O) groups is 1. The number of urea groups is 1. The van der Waals surface area contributed by atoms with Crippen molar-refractivity contribution in [3.05, 3.63) is 71.1 Å². The van der Waals surface area contributed by atoms with Crippen molar-refractivity contribution >= 4 is 28.4 Å². The molecule has 0 aliphatic carbocycles. The molecule has 1 aliphatic heterocycles. The highest BCUT2D eigenvalue weighted by molar-refractivity contribution is 6.02. The Hall–Kier alpha value is -4.40. The third-order valence-corrected chi connectivity index (χ3v) is 5.39. The Labute approximate surface area is 189 Å². The molecule has 0 unspecified atom stereocenters. The monoisotopic (exact) mass is 446 g/mol. The number of nitrogens with zero attached hydrogens (tertiary/aromatic N) is 2. The van der Waals surface area contributed by atoms with E-state index in [1.54, 1.807) is 44.4 Å². The first-order valence-corrected chi connectivity index (χ1v) is 10.4. The number of ether oxygens (including phenoxy) is 3. The fourth-order valence-electron chi connectivity index (χ4n) is 3.73. The molecule has 33 heavy (non-hydrogen) atoms. The fourth-order valence-corrected chi connectivity index (χ4v) is 3.73. The standard InChI is InChI=1S/C24H22N4O5/c1-27-18-13-17(26-23(29)25-15-8-9-20-22(12-15)32-11-10-31-20)21(14-19(18)28(2)24(27)30)33-16-6-4-3-5-7-16/h3-9,12-14H,10-11H2,1-2H3,(H2,25,26,29). The third-order valence-electron chi connectivity index (χ3n) is 5.39. The van der Waals surface area contributed by atoms with Crippen LogP contribution in [0.2, 0.25) is 0 Å². The summed E-state index contributed by atoms with van der Waals surface area (Å²) in [6.07, 6.45) is 0. The average molecular weight is 446 g/mol. The van der Waals surface area contributed by atoms with Crippen molar-refractivity contribution in [3.63, 3.8) is 0 Å². The van der Waals surface area contributed by atoms with Gasteiger partial charge in [-0.25, -0.2) is 9.59 Å². The molecule has 0 fully saturated rings. The summed E-state index contributed by atoms with van der Waals surface area (Å²) in [5.41, 5.74) is 2.15. The molecule has 2 N–H and O–H groups in total. The van der Waals surface area contributed by atoms with Gasteiger partial charge in [-0.3, -0.25) is 9.13 Å². The van der Waals surface area contributed by atoms with E-state index in [0.29, 0.717) is 58.6 Å². The highest BCUT2D eigenvalue weighted by Gasteiger charge is 2.17. The molecule has 5 rings (SSSR count). The topological polar surface area (TPSA) is 95.8 Å². The Morgan fingerprint density at radius 2 is 1.58 bits per heavy atom. The molecular formula is C24H22N4O5. The van der Waals surface area contributed by atoms with Crippen LogP contribution < -0.4 is 30.5 Å². The summed E-state index contributed by atoms with van der Waals surface area (Å²) in [4.78, 5) is 25.2. The van der Waals surface area contributed by atoms with Crippen molar-refractivity contribution in [2.75, 3.05) is 23.8 Å². The lowest BCUT2D eigenvalue weighted by molar-refractivity contribution is 0.171. The van der Waals surface area contributed by atoms with Crippen molar-refractivity contribution < 1.29 is 19.0 Å². The SMILES string of the molecule is Cn1c(=O)n(C)c2cc(Oc3ccccc3)c(NC(=O)Nc3ccc4c(c3)OCCO4)cc21. The van der Waals surface area contributed by atoms with Gasteiger partial charge in [-0.15, -0.1) is 0 Å². The van der Waals surface area contributed by atoms with E-state index in [1.165, 1.54) is 9.13 Å². The van der Waals surface area contributed by atoms with E-state index >= 15 is 0 Å². The molecule has 0 radical (unpaired) electrons. The second-order valence-corrected chi connectivity index (χ2v) is 7.59. The van der Waals surface area contributed by atoms with E-state index in [0.717, 1.165) is 0 Å². The molecular weight excluding hydrogens is 424 g/mol. The Bertz CT molecular complexity index is 1410. The maximum atomic E-state index is 12.8. The van der Waals surface area contributed by atoms with Crippen molar-refractivity contribution in [2.24, 2.45) is 14.1 Å². The number of rotatable bonds is 4. The van der Waals surface area contributed by atoms with E-state index in [-0.39, 0.29) is 5.69 Å². The van der Waals surface area contributed by atoms with Crippen LogP contribution in [0.1, 0.15) is 0 Å². The lowest BCUT2D eigenvalue weighted by Gasteiger charge is -2.19. The smallest absolute Gasteiger partial charge is 0.328 e. The highest BCUT2D eigenvalue weighted by atomic mass is 16.6. The summed E-state index contributed by atoms with van der Waals surface area (Å²) in [6, 6.07) is 17.4. The van der Waals surface area contributed by atoms with Crippen LogP contribution in [0.3, 0.4) is 0 Å². The zero-order valence-corrected chi connectivity index (χ0v) is 18.1. The van der Waals surface area contributed by atoms with Gasteiger partial charge in [0.1, 0.15) is 19.0 Å². The minimum absolute atomic E-state index is 0.173. The van der Waals surface area contributed by atoms with Gasteiger partial charge in [0.15, 0.2) is 17.2 Å². The van der Waals surface area contributed by atoms with Crippen LogP contribution in [0.5, 0.6) is 23.0 Å². The molecule has 0 saturated heterocycles. The van der Waals surface area contributed by atoms with Crippen LogP contribution >= 0.6 is 0 Å². The second kappa shape index (κ2) is 8.27. The number of anilines is 2. The lowest BCUT2D eigenvalue weighted by Crippen LogP contribution is -2.20. The molecule has 2 amide bonds. The Morgan fingerprint density at radius 3 is 2.33 bits per heavy atom. The maximum absolute atomic E-state index is 12.8. The van der Waals surface area contributed by atoms with Gasteiger partial charge in [-0.2, -0.15) is 0 Å². The summed E-state index contributed by atoms with van der Waals surface area (Å²) in [7, 11) is 3.38. The summed E-state index contributed by atoms with van der Waals surface area (Å²) in [5.74, 6) is 2.23. The van der Waals surface area contributed by atoms with E-state index in [9.17, 15) is 9.59 Å². The highest BCUT2D eigenvalue weighted by Crippen LogP contribution is 2.35. The Balaban J connectivity index is 1.46. The van der Waals surface area contributed by atoms with Crippen LogP contribution in [0.4, 0.5) is 16.2 Å². The normalized spacial score (nSPS) is 12.4. The first-order valence-electron chi connectivity index (χ1n) is 10.4. The van der Waals surface area contributed by atoms with Gasteiger partial charge in [0.25, 0.3) is 0 Å². The zero-order chi connectivity index (χ0) is 22.9.